The summed E-state index contributed by atoms with van der Waals surface area (Å²) < 4.78 is 19.9. The van der Waals surface area contributed by atoms with E-state index >= 15 is 0 Å². The van der Waals surface area contributed by atoms with Crippen molar-refractivity contribution in [2.75, 3.05) is 11.9 Å². The van der Waals surface area contributed by atoms with Crippen molar-refractivity contribution in [1.82, 2.24) is 4.90 Å². The maximum absolute atomic E-state index is 14.1. The SMILES string of the molecule is CN1[C@@H]2CC[C@H]1CC(OC(=O)N(Cc1ccccc1F)c1ccsc1)C2. The van der Waals surface area contributed by atoms with E-state index in [4.69, 9.17) is 4.74 Å². The average Bonchev–Trinajstić information content (AvgIpc) is 3.21. The number of piperidine rings is 1. The van der Waals surface area contributed by atoms with Crippen LogP contribution in [0.25, 0.3) is 0 Å². The summed E-state index contributed by atoms with van der Waals surface area (Å²) >= 11 is 1.51. The largest absolute Gasteiger partial charge is 0.446 e. The van der Waals surface area contributed by atoms with Crippen LogP contribution in [0.15, 0.2) is 41.1 Å². The Bertz CT molecular complexity index is 753. The molecule has 1 aromatic heterocycles. The van der Waals surface area contributed by atoms with E-state index in [9.17, 15) is 9.18 Å². The van der Waals surface area contributed by atoms with E-state index < -0.39 is 0 Å². The van der Waals surface area contributed by atoms with E-state index in [-0.39, 0.29) is 24.6 Å². The van der Waals surface area contributed by atoms with E-state index in [1.165, 1.54) is 35.1 Å². The number of thiophene rings is 1. The lowest BCUT2D eigenvalue weighted by Gasteiger charge is -2.36. The van der Waals surface area contributed by atoms with Crippen LogP contribution in [0.3, 0.4) is 0 Å². The van der Waals surface area contributed by atoms with Gasteiger partial charge in [0.15, 0.2) is 0 Å². The molecule has 0 spiro atoms. The third-order valence-electron chi connectivity index (χ3n) is 5.65. The Balaban J connectivity index is 1.49. The Morgan fingerprint density at radius 1 is 1.27 bits per heavy atom. The van der Waals surface area contributed by atoms with Crippen molar-refractivity contribution in [3.05, 3.63) is 52.5 Å². The molecule has 2 aromatic rings. The molecule has 0 N–H and O–H groups in total. The van der Waals surface area contributed by atoms with Crippen molar-refractivity contribution < 1.29 is 13.9 Å². The first-order valence-corrected chi connectivity index (χ1v) is 10.0. The molecule has 6 heteroatoms. The molecule has 1 aromatic carbocycles. The Morgan fingerprint density at radius 3 is 2.65 bits per heavy atom. The second-order valence-electron chi connectivity index (χ2n) is 7.19. The summed E-state index contributed by atoms with van der Waals surface area (Å²) in [6.07, 6.45) is 3.68. The van der Waals surface area contributed by atoms with Crippen molar-refractivity contribution in [1.29, 1.82) is 0 Å². The van der Waals surface area contributed by atoms with Gasteiger partial charge in [0.05, 0.1) is 12.2 Å². The number of benzene rings is 1. The zero-order chi connectivity index (χ0) is 18.1. The summed E-state index contributed by atoms with van der Waals surface area (Å²) in [7, 11) is 2.16. The highest BCUT2D eigenvalue weighted by molar-refractivity contribution is 7.08. The zero-order valence-electron chi connectivity index (χ0n) is 14.8. The molecule has 3 atom stereocenters. The van der Waals surface area contributed by atoms with Crippen molar-refractivity contribution in [2.24, 2.45) is 0 Å². The standard InChI is InChI=1S/C20H23FN2O2S/c1-22-15-6-7-16(22)11-18(10-15)25-20(24)23(17-8-9-26-13-17)12-14-4-2-3-5-19(14)21/h2-5,8-9,13,15-16,18H,6-7,10-12H2,1H3/t15-,16+,18?. The summed E-state index contributed by atoms with van der Waals surface area (Å²) in [5, 5.41) is 3.80. The van der Waals surface area contributed by atoms with Gasteiger partial charge < -0.3 is 9.64 Å². The molecule has 2 aliphatic heterocycles. The highest BCUT2D eigenvalue weighted by Crippen LogP contribution is 2.36. The van der Waals surface area contributed by atoms with Gasteiger partial charge in [-0.2, -0.15) is 11.3 Å². The van der Waals surface area contributed by atoms with Crippen LogP contribution in [0, 0.1) is 5.82 Å². The summed E-state index contributed by atoms with van der Waals surface area (Å²) in [4.78, 5) is 16.9. The van der Waals surface area contributed by atoms with Crippen molar-refractivity contribution in [3.63, 3.8) is 0 Å². The molecule has 2 aliphatic rings. The van der Waals surface area contributed by atoms with Crippen LogP contribution in [0.5, 0.6) is 0 Å². The summed E-state index contributed by atoms with van der Waals surface area (Å²) in [5.74, 6) is -0.308. The Kier molecular flexibility index (Phi) is 4.96. The van der Waals surface area contributed by atoms with Crippen LogP contribution in [0.4, 0.5) is 14.9 Å². The van der Waals surface area contributed by atoms with Gasteiger partial charge in [-0.05, 0) is 37.4 Å². The van der Waals surface area contributed by atoms with Crippen molar-refractivity contribution >= 4 is 23.1 Å². The highest BCUT2D eigenvalue weighted by Gasteiger charge is 2.40. The number of rotatable bonds is 4. The van der Waals surface area contributed by atoms with Crippen LogP contribution < -0.4 is 4.90 Å². The van der Waals surface area contributed by atoms with Crippen molar-refractivity contribution in [2.45, 2.75) is 50.4 Å². The molecule has 0 aliphatic carbocycles. The van der Waals surface area contributed by atoms with Crippen LogP contribution in [0.1, 0.15) is 31.2 Å². The molecular formula is C20H23FN2O2S. The molecule has 26 heavy (non-hydrogen) atoms. The summed E-state index contributed by atoms with van der Waals surface area (Å²) in [5.41, 5.74) is 1.23. The number of anilines is 1. The van der Waals surface area contributed by atoms with E-state index in [1.807, 2.05) is 16.8 Å². The topological polar surface area (TPSA) is 32.8 Å². The van der Waals surface area contributed by atoms with Crippen LogP contribution in [0.2, 0.25) is 0 Å². The molecule has 4 nitrogen and oxygen atoms in total. The molecule has 1 amide bonds. The first-order valence-electron chi connectivity index (χ1n) is 9.07. The normalized spacial score (nSPS) is 25.2. The number of hydrogen-bond acceptors (Lipinski definition) is 4. The van der Waals surface area contributed by atoms with E-state index in [0.29, 0.717) is 17.6 Å². The number of carbonyl (C=O) groups excluding carboxylic acids is 1. The van der Waals surface area contributed by atoms with Crippen LogP contribution in [-0.2, 0) is 11.3 Å². The molecule has 3 heterocycles. The van der Waals surface area contributed by atoms with Gasteiger partial charge in [0.1, 0.15) is 11.9 Å². The van der Waals surface area contributed by atoms with Gasteiger partial charge in [0.25, 0.3) is 0 Å². The number of carbonyl (C=O) groups is 1. The second-order valence-corrected chi connectivity index (χ2v) is 7.97. The Morgan fingerprint density at radius 2 is 2.00 bits per heavy atom. The molecule has 2 fully saturated rings. The predicted octanol–water partition coefficient (Wildman–Crippen LogP) is 4.66. The molecule has 2 saturated heterocycles. The molecule has 4 rings (SSSR count). The lowest BCUT2D eigenvalue weighted by Crippen LogP contribution is -2.45. The molecular weight excluding hydrogens is 351 g/mol. The minimum absolute atomic E-state index is 0.0574. The van der Waals surface area contributed by atoms with Gasteiger partial charge in [-0.15, -0.1) is 0 Å². The average molecular weight is 374 g/mol. The fourth-order valence-electron chi connectivity index (χ4n) is 4.13. The van der Waals surface area contributed by atoms with E-state index in [1.54, 1.807) is 18.2 Å². The first kappa shape index (κ1) is 17.5. The second kappa shape index (κ2) is 7.37. The molecule has 2 bridgehead atoms. The molecule has 0 radical (unpaired) electrons. The minimum atomic E-state index is -0.388. The lowest BCUT2D eigenvalue weighted by atomic mass is 10.0. The Hall–Kier alpha value is -1.92. The smallest absolute Gasteiger partial charge is 0.414 e. The van der Waals surface area contributed by atoms with Gasteiger partial charge in [-0.25, -0.2) is 9.18 Å². The fraction of sp³-hybridized carbons (Fsp3) is 0.450. The minimum Gasteiger partial charge on any atom is -0.446 e. The zero-order valence-corrected chi connectivity index (χ0v) is 15.6. The molecule has 138 valence electrons. The van der Waals surface area contributed by atoms with E-state index in [2.05, 4.69) is 11.9 Å². The quantitative estimate of drug-likeness (QED) is 0.781. The van der Waals surface area contributed by atoms with Gasteiger partial charge in [-0.1, -0.05) is 18.2 Å². The molecule has 1 unspecified atom stereocenters. The van der Waals surface area contributed by atoms with Crippen LogP contribution >= 0.6 is 11.3 Å². The maximum Gasteiger partial charge on any atom is 0.414 e. The number of ether oxygens (including phenoxy) is 1. The van der Waals surface area contributed by atoms with Crippen molar-refractivity contribution in [3.8, 4) is 0 Å². The summed E-state index contributed by atoms with van der Waals surface area (Å²) in [6, 6.07) is 9.44. The molecule has 0 saturated carbocycles. The monoisotopic (exact) mass is 374 g/mol. The predicted molar refractivity (Wildman–Crippen MR) is 101 cm³/mol. The van der Waals surface area contributed by atoms with Gasteiger partial charge in [0.2, 0.25) is 0 Å². The first-order chi connectivity index (χ1) is 12.6. The third kappa shape index (κ3) is 3.48. The van der Waals surface area contributed by atoms with Gasteiger partial charge in [0, 0.05) is 35.9 Å². The van der Waals surface area contributed by atoms with E-state index in [0.717, 1.165) is 18.5 Å². The number of hydrogen-bond donors (Lipinski definition) is 0. The van der Waals surface area contributed by atoms with Gasteiger partial charge >= 0.3 is 6.09 Å². The number of amides is 1. The number of halogens is 1. The maximum atomic E-state index is 14.1. The van der Waals surface area contributed by atoms with Crippen LogP contribution in [-0.4, -0.2) is 36.2 Å². The summed E-state index contributed by atoms with van der Waals surface area (Å²) in [6.45, 7) is 0.168. The lowest BCUT2D eigenvalue weighted by molar-refractivity contribution is 0.0314. The fourth-order valence-corrected chi connectivity index (χ4v) is 4.77. The Labute approximate surface area is 157 Å². The number of nitrogens with zero attached hydrogens (tertiary/aromatic N) is 2. The highest BCUT2D eigenvalue weighted by atomic mass is 32.1. The number of fused-ring (bicyclic) bond motifs is 2. The third-order valence-corrected chi connectivity index (χ3v) is 6.32. The van der Waals surface area contributed by atoms with Gasteiger partial charge in [-0.3, -0.25) is 4.90 Å².